The highest BCUT2D eigenvalue weighted by Crippen LogP contribution is 2.28. The minimum Gasteiger partial charge on any atom is -0.464 e. The molecule has 6 heteroatoms. The largest absolute Gasteiger partial charge is 0.464 e. The van der Waals surface area contributed by atoms with Gasteiger partial charge in [-0.05, 0) is 26.3 Å². The number of nitrogens with zero attached hydrogens (tertiary/aromatic N) is 1. The third-order valence-electron chi connectivity index (χ3n) is 3.17. The average Bonchev–Trinajstić information content (AvgIpc) is 2.90. The molecule has 6 nitrogen and oxygen atoms in total. The van der Waals surface area contributed by atoms with Crippen molar-refractivity contribution in [2.75, 3.05) is 7.11 Å². The first-order chi connectivity index (χ1) is 10.3. The van der Waals surface area contributed by atoms with Crippen LogP contribution < -0.4 is 5.43 Å². The lowest BCUT2D eigenvalue weighted by Crippen LogP contribution is -2.41. The van der Waals surface area contributed by atoms with Crippen LogP contribution in [0, 0.1) is 0 Å². The second kappa shape index (κ2) is 6.17. The van der Waals surface area contributed by atoms with E-state index in [1.807, 2.05) is 30.3 Å². The van der Waals surface area contributed by atoms with E-state index in [1.165, 1.54) is 7.11 Å². The zero-order valence-corrected chi connectivity index (χ0v) is 13.1. The van der Waals surface area contributed by atoms with Crippen LogP contribution in [0.5, 0.6) is 0 Å². The van der Waals surface area contributed by atoms with Crippen molar-refractivity contribution in [3.05, 3.63) is 35.9 Å². The summed E-state index contributed by atoms with van der Waals surface area (Å²) in [7, 11) is 1.29. The number of ether oxygens (including phenoxy) is 2. The zero-order chi connectivity index (χ0) is 16.3. The average molecular weight is 304 g/mol. The van der Waals surface area contributed by atoms with E-state index in [1.54, 1.807) is 20.8 Å². The first-order valence-electron chi connectivity index (χ1n) is 7.02. The Labute approximate surface area is 129 Å². The van der Waals surface area contributed by atoms with Gasteiger partial charge in [-0.1, -0.05) is 30.3 Å². The van der Waals surface area contributed by atoms with E-state index in [2.05, 4.69) is 10.5 Å². The van der Waals surface area contributed by atoms with E-state index in [0.29, 0.717) is 0 Å². The van der Waals surface area contributed by atoms with E-state index < -0.39 is 29.5 Å². The molecule has 1 aliphatic rings. The first kappa shape index (κ1) is 16.0. The molecule has 0 saturated carbocycles. The predicted molar refractivity (Wildman–Crippen MR) is 81.4 cm³/mol. The van der Waals surface area contributed by atoms with Gasteiger partial charge in [0.15, 0.2) is 11.8 Å². The van der Waals surface area contributed by atoms with E-state index in [0.717, 1.165) is 5.56 Å². The van der Waals surface area contributed by atoms with Gasteiger partial charge >= 0.3 is 11.9 Å². The van der Waals surface area contributed by atoms with Crippen LogP contribution >= 0.6 is 0 Å². The number of hydrogen-bond donors (Lipinski definition) is 1. The molecule has 118 valence electrons. The maximum atomic E-state index is 12.4. The van der Waals surface area contributed by atoms with Gasteiger partial charge in [0.2, 0.25) is 0 Å². The van der Waals surface area contributed by atoms with Crippen molar-refractivity contribution in [2.45, 2.75) is 38.3 Å². The van der Waals surface area contributed by atoms with Crippen molar-refractivity contribution in [1.29, 1.82) is 0 Å². The standard InChI is InChI=1S/C16H20N2O4/c1-16(2,3)22-15(20)13-11(10-8-6-5-7-9-10)12(17-18-13)14(19)21-4/h5-9,11,13,18H,1-4H3/t11-,13+/m0/s1. The summed E-state index contributed by atoms with van der Waals surface area (Å²) in [5.74, 6) is -1.56. The molecule has 2 rings (SSSR count). The van der Waals surface area contributed by atoms with Crippen molar-refractivity contribution in [3.8, 4) is 0 Å². The molecule has 1 aliphatic heterocycles. The highest BCUT2D eigenvalue weighted by atomic mass is 16.6. The quantitative estimate of drug-likeness (QED) is 0.859. The molecule has 1 aromatic rings. The molecule has 22 heavy (non-hydrogen) atoms. The van der Waals surface area contributed by atoms with Crippen molar-refractivity contribution in [3.63, 3.8) is 0 Å². The summed E-state index contributed by atoms with van der Waals surface area (Å²) in [6.45, 7) is 5.37. The van der Waals surface area contributed by atoms with Crippen LogP contribution in [0.25, 0.3) is 0 Å². The third kappa shape index (κ3) is 3.44. The molecule has 0 aliphatic carbocycles. The summed E-state index contributed by atoms with van der Waals surface area (Å²) >= 11 is 0. The fourth-order valence-electron chi connectivity index (χ4n) is 2.28. The Kier molecular flexibility index (Phi) is 4.49. The normalized spacial score (nSPS) is 20.8. The second-order valence-corrected chi connectivity index (χ2v) is 6.02. The van der Waals surface area contributed by atoms with E-state index in [4.69, 9.17) is 9.47 Å². The highest BCUT2D eigenvalue weighted by molar-refractivity contribution is 6.39. The number of carbonyl (C=O) groups is 2. The number of hydrogen-bond acceptors (Lipinski definition) is 6. The number of carbonyl (C=O) groups excluding carboxylic acids is 2. The van der Waals surface area contributed by atoms with Crippen LogP contribution in [0.4, 0.5) is 0 Å². The maximum absolute atomic E-state index is 12.4. The van der Waals surface area contributed by atoms with Crippen molar-refractivity contribution >= 4 is 17.7 Å². The van der Waals surface area contributed by atoms with Crippen LogP contribution in [0.15, 0.2) is 35.4 Å². The molecule has 0 fully saturated rings. The topological polar surface area (TPSA) is 77.0 Å². The van der Waals surface area contributed by atoms with Gasteiger partial charge in [-0.15, -0.1) is 0 Å². The van der Waals surface area contributed by atoms with Crippen LogP contribution in [0.1, 0.15) is 32.3 Å². The van der Waals surface area contributed by atoms with Crippen LogP contribution in [-0.2, 0) is 19.1 Å². The molecule has 1 N–H and O–H groups in total. The molecule has 0 bridgehead atoms. The van der Waals surface area contributed by atoms with Crippen LogP contribution in [0.2, 0.25) is 0 Å². The Morgan fingerprint density at radius 2 is 1.82 bits per heavy atom. The monoisotopic (exact) mass is 304 g/mol. The van der Waals surface area contributed by atoms with Crippen molar-refractivity contribution in [2.24, 2.45) is 5.10 Å². The number of esters is 2. The zero-order valence-electron chi connectivity index (χ0n) is 13.1. The Hall–Kier alpha value is -2.37. The number of hydrazone groups is 1. The van der Waals surface area contributed by atoms with E-state index >= 15 is 0 Å². The molecule has 0 radical (unpaired) electrons. The molecule has 0 aromatic heterocycles. The van der Waals surface area contributed by atoms with Gasteiger partial charge in [0.25, 0.3) is 0 Å². The maximum Gasteiger partial charge on any atom is 0.354 e. The van der Waals surface area contributed by atoms with Gasteiger partial charge in [-0.3, -0.25) is 5.43 Å². The Morgan fingerprint density at radius 3 is 2.36 bits per heavy atom. The van der Waals surface area contributed by atoms with Crippen molar-refractivity contribution < 1.29 is 19.1 Å². The molecule has 2 atom stereocenters. The molecular weight excluding hydrogens is 284 g/mol. The summed E-state index contributed by atoms with van der Waals surface area (Å²) < 4.78 is 10.2. The van der Waals surface area contributed by atoms with Crippen LogP contribution in [0.3, 0.4) is 0 Å². The van der Waals surface area contributed by atoms with Gasteiger partial charge < -0.3 is 9.47 Å². The van der Waals surface area contributed by atoms with Crippen LogP contribution in [-0.4, -0.2) is 36.4 Å². The Bertz CT molecular complexity index is 590. The first-order valence-corrected chi connectivity index (χ1v) is 7.02. The lowest BCUT2D eigenvalue weighted by molar-refractivity contribution is -0.157. The molecule has 1 heterocycles. The summed E-state index contributed by atoms with van der Waals surface area (Å²) in [5.41, 5.74) is 3.06. The number of benzene rings is 1. The lowest BCUT2D eigenvalue weighted by atomic mass is 9.88. The minimum absolute atomic E-state index is 0.171. The Balaban J connectivity index is 2.32. The molecule has 0 unspecified atom stereocenters. The molecular formula is C16H20N2O4. The predicted octanol–water partition coefficient (Wildman–Crippen LogP) is 1.61. The van der Waals surface area contributed by atoms with Gasteiger partial charge in [0, 0.05) is 0 Å². The van der Waals surface area contributed by atoms with E-state index in [-0.39, 0.29) is 5.71 Å². The third-order valence-corrected chi connectivity index (χ3v) is 3.17. The summed E-state index contributed by atoms with van der Waals surface area (Å²) in [6, 6.07) is 8.48. The number of methoxy groups -OCH3 is 1. The van der Waals surface area contributed by atoms with Crippen molar-refractivity contribution in [1.82, 2.24) is 5.43 Å². The summed E-state index contributed by atoms with van der Waals surface area (Å²) in [4.78, 5) is 24.3. The molecule has 0 saturated heterocycles. The molecule has 1 aromatic carbocycles. The minimum atomic E-state index is -0.754. The fourth-order valence-corrected chi connectivity index (χ4v) is 2.28. The van der Waals surface area contributed by atoms with E-state index in [9.17, 15) is 9.59 Å². The van der Waals surface area contributed by atoms with Gasteiger partial charge in [0.1, 0.15) is 5.60 Å². The SMILES string of the molecule is COC(=O)C1=NN[C@@H](C(=O)OC(C)(C)C)[C@H]1c1ccccc1. The highest BCUT2D eigenvalue weighted by Gasteiger charge is 2.43. The summed E-state index contributed by atoms with van der Waals surface area (Å²) in [6.07, 6.45) is 0. The van der Waals surface area contributed by atoms with Gasteiger partial charge in [-0.25, -0.2) is 9.59 Å². The second-order valence-electron chi connectivity index (χ2n) is 6.02. The fraction of sp³-hybridized carbons (Fsp3) is 0.438. The Morgan fingerprint density at radius 1 is 1.18 bits per heavy atom. The number of rotatable bonds is 3. The van der Waals surface area contributed by atoms with Gasteiger partial charge in [0.05, 0.1) is 13.0 Å². The lowest BCUT2D eigenvalue weighted by Gasteiger charge is -2.25. The molecule has 0 spiro atoms. The number of nitrogens with one attached hydrogen (secondary N) is 1. The smallest absolute Gasteiger partial charge is 0.354 e. The molecule has 0 amide bonds. The summed E-state index contributed by atoms with van der Waals surface area (Å²) in [5, 5.41) is 3.99. The van der Waals surface area contributed by atoms with Gasteiger partial charge in [-0.2, -0.15) is 5.10 Å².